The predicted octanol–water partition coefficient (Wildman–Crippen LogP) is 5.75. The average Bonchev–Trinajstić information content (AvgIpc) is 3.60. The maximum absolute atomic E-state index is 14.4. The zero-order valence-electron chi connectivity index (χ0n) is 20.4. The second kappa shape index (κ2) is 8.64. The molecular weight excluding hydrogens is 500 g/mol. The molecule has 1 spiro atoms. The molecule has 1 N–H and O–H groups in total. The highest BCUT2D eigenvalue weighted by Crippen LogP contribution is 2.54. The predicted molar refractivity (Wildman–Crippen MR) is 145 cm³/mol. The van der Waals surface area contributed by atoms with E-state index in [0.717, 1.165) is 40.1 Å². The van der Waals surface area contributed by atoms with E-state index >= 15 is 0 Å². The molecule has 3 aliphatic rings. The lowest BCUT2D eigenvalue weighted by Gasteiger charge is -2.24. The first-order valence-corrected chi connectivity index (χ1v) is 12.9. The van der Waals surface area contributed by atoms with Crippen molar-refractivity contribution in [2.24, 2.45) is 0 Å². The summed E-state index contributed by atoms with van der Waals surface area (Å²) >= 11 is 6.10. The van der Waals surface area contributed by atoms with Crippen molar-refractivity contribution in [3.05, 3.63) is 118 Å². The fraction of sp³-hybridized carbons (Fsp3) is 0.161. The van der Waals surface area contributed by atoms with Crippen LogP contribution in [0.5, 0.6) is 11.5 Å². The number of anilines is 2. The summed E-state index contributed by atoms with van der Waals surface area (Å²) in [6.07, 6.45) is 0.813. The van der Waals surface area contributed by atoms with Gasteiger partial charge < -0.3 is 19.7 Å². The van der Waals surface area contributed by atoms with E-state index < -0.39 is 5.41 Å². The van der Waals surface area contributed by atoms with Gasteiger partial charge in [0.1, 0.15) is 23.5 Å². The van der Waals surface area contributed by atoms with Gasteiger partial charge in [-0.25, -0.2) is 0 Å². The van der Waals surface area contributed by atoms with E-state index in [2.05, 4.69) is 11.4 Å². The van der Waals surface area contributed by atoms with Crippen LogP contribution in [0, 0.1) is 0 Å². The summed E-state index contributed by atoms with van der Waals surface area (Å²) < 4.78 is 11.9. The highest BCUT2D eigenvalue weighted by atomic mass is 35.5. The topological polar surface area (TPSA) is 67.9 Å². The molecule has 7 heteroatoms. The van der Waals surface area contributed by atoms with Crippen LogP contribution in [-0.2, 0) is 23.2 Å². The maximum atomic E-state index is 14.4. The van der Waals surface area contributed by atoms with Crippen molar-refractivity contribution in [2.45, 2.75) is 18.4 Å². The second-order valence-electron chi connectivity index (χ2n) is 9.78. The molecule has 4 aromatic carbocycles. The van der Waals surface area contributed by atoms with Gasteiger partial charge in [-0.3, -0.25) is 9.59 Å². The molecule has 38 heavy (non-hydrogen) atoms. The van der Waals surface area contributed by atoms with E-state index in [1.165, 1.54) is 0 Å². The van der Waals surface area contributed by atoms with Crippen molar-refractivity contribution >= 4 is 34.8 Å². The van der Waals surface area contributed by atoms with Gasteiger partial charge in [0.25, 0.3) is 5.91 Å². The summed E-state index contributed by atoms with van der Waals surface area (Å²) in [4.78, 5) is 29.4. The molecule has 2 amide bonds. The molecule has 1 unspecified atom stereocenters. The molecule has 7 rings (SSSR count). The number of halogens is 1. The van der Waals surface area contributed by atoms with Gasteiger partial charge >= 0.3 is 0 Å². The molecule has 0 bridgehead atoms. The van der Waals surface area contributed by atoms with Gasteiger partial charge in [0.15, 0.2) is 0 Å². The number of carbonyl (C=O) groups excluding carboxylic acids is 2. The minimum atomic E-state index is -0.929. The quantitative estimate of drug-likeness (QED) is 0.370. The molecule has 6 nitrogen and oxygen atoms in total. The largest absolute Gasteiger partial charge is 0.493 e. The van der Waals surface area contributed by atoms with Crippen LogP contribution in [0.2, 0.25) is 5.02 Å². The van der Waals surface area contributed by atoms with E-state index in [4.69, 9.17) is 21.1 Å². The zero-order valence-corrected chi connectivity index (χ0v) is 21.1. The number of fused-ring (bicyclic) bond motifs is 5. The van der Waals surface area contributed by atoms with E-state index in [1.807, 2.05) is 48.5 Å². The maximum Gasteiger partial charge on any atom is 0.256 e. The molecule has 0 aliphatic carbocycles. The molecule has 4 aromatic rings. The third kappa shape index (κ3) is 3.41. The number of nitrogens with one attached hydrogen (secondary N) is 1. The third-order valence-corrected chi connectivity index (χ3v) is 7.87. The van der Waals surface area contributed by atoms with Gasteiger partial charge in [0, 0.05) is 40.0 Å². The minimum Gasteiger partial charge on any atom is -0.493 e. The van der Waals surface area contributed by atoms with Crippen LogP contribution in [-0.4, -0.2) is 25.0 Å². The number of amides is 2. The smallest absolute Gasteiger partial charge is 0.256 e. The van der Waals surface area contributed by atoms with Crippen LogP contribution in [0.3, 0.4) is 0 Å². The van der Waals surface area contributed by atoms with Crippen molar-refractivity contribution < 1.29 is 19.1 Å². The molecule has 0 aromatic heterocycles. The number of nitrogens with zero attached hydrogens (tertiary/aromatic N) is 1. The van der Waals surface area contributed by atoms with Crippen LogP contribution < -0.4 is 19.7 Å². The SMILES string of the molecule is O=C(Nc1cccc(Cl)c1)c1ccccc1CN1C(=O)C2(COc3cc4c(cc32)CCO4)c2ccccc21. The number of para-hydroxylation sites is 1. The standard InChI is InChI=1S/C31H23ClN2O4/c32-21-7-5-8-22(15-21)33-29(35)23-9-2-1-6-20(23)17-34-26-11-4-3-10-24(26)31(30(34)36)18-38-28-16-27-19(12-13-37-27)14-25(28)31/h1-11,14-16H,12-13,17-18H2,(H,33,35). The van der Waals surface area contributed by atoms with E-state index in [9.17, 15) is 9.59 Å². The number of ether oxygens (including phenoxy) is 2. The molecule has 0 saturated carbocycles. The molecule has 0 radical (unpaired) electrons. The van der Waals surface area contributed by atoms with Gasteiger partial charge in [-0.15, -0.1) is 0 Å². The van der Waals surface area contributed by atoms with Gasteiger partial charge in [0.05, 0.1) is 13.2 Å². The molecule has 3 heterocycles. The Hall–Kier alpha value is -4.29. The Morgan fingerprint density at radius 3 is 2.66 bits per heavy atom. The van der Waals surface area contributed by atoms with E-state index in [0.29, 0.717) is 28.6 Å². The zero-order chi connectivity index (χ0) is 25.9. The monoisotopic (exact) mass is 522 g/mol. The van der Waals surface area contributed by atoms with Crippen LogP contribution >= 0.6 is 11.6 Å². The van der Waals surface area contributed by atoms with Crippen LogP contribution in [0.15, 0.2) is 84.9 Å². The Kier molecular flexibility index (Phi) is 5.20. The highest BCUT2D eigenvalue weighted by molar-refractivity contribution is 6.31. The Morgan fingerprint density at radius 1 is 0.921 bits per heavy atom. The fourth-order valence-electron chi connectivity index (χ4n) is 5.82. The first kappa shape index (κ1) is 22.9. The molecular formula is C31H23ClN2O4. The molecule has 0 saturated heterocycles. The Bertz CT molecular complexity index is 1630. The van der Waals surface area contributed by atoms with Crippen LogP contribution in [0.1, 0.15) is 32.6 Å². The second-order valence-corrected chi connectivity index (χ2v) is 10.2. The van der Waals surface area contributed by atoms with Crippen LogP contribution in [0.4, 0.5) is 11.4 Å². The van der Waals surface area contributed by atoms with Gasteiger partial charge in [0.2, 0.25) is 5.91 Å². The van der Waals surface area contributed by atoms with Crippen molar-refractivity contribution in [1.82, 2.24) is 0 Å². The Morgan fingerprint density at radius 2 is 1.76 bits per heavy atom. The van der Waals surface area contributed by atoms with E-state index in [-0.39, 0.29) is 25.0 Å². The summed E-state index contributed by atoms with van der Waals surface area (Å²) in [5, 5.41) is 3.46. The number of hydrogen-bond donors (Lipinski definition) is 1. The van der Waals surface area contributed by atoms with Crippen molar-refractivity contribution in [2.75, 3.05) is 23.4 Å². The number of carbonyl (C=O) groups is 2. The van der Waals surface area contributed by atoms with Gasteiger partial charge in [-0.05, 0) is 53.1 Å². The number of rotatable bonds is 4. The van der Waals surface area contributed by atoms with Crippen molar-refractivity contribution in [1.29, 1.82) is 0 Å². The lowest BCUT2D eigenvalue weighted by atomic mass is 9.76. The first-order chi connectivity index (χ1) is 18.5. The number of hydrogen-bond acceptors (Lipinski definition) is 4. The summed E-state index contributed by atoms with van der Waals surface area (Å²) in [7, 11) is 0. The normalized spacial score (nSPS) is 18.6. The molecule has 188 valence electrons. The van der Waals surface area contributed by atoms with Crippen molar-refractivity contribution in [3.8, 4) is 11.5 Å². The Balaban J connectivity index is 1.26. The number of benzene rings is 4. The lowest BCUT2D eigenvalue weighted by Crippen LogP contribution is -2.42. The van der Waals surface area contributed by atoms with Crippen molar-refractivity contribution in [3.63, 3.8) is 0 Å². The highest BCUT2D eigenvalue weighted by Gasteiger charge is 2.57. The molecule has 1 atom stereocenters. The minimum absolute atomic E-state index is 0.0543. The summed E-state index contributed by atoms with van der Waals surface area (Å²) in [5.41, 5.74) is 4.65. The summed E-state index contributed by atoms with van der Waals surface area (Å²) in [5.74, 6) is 1.21. The molecule has 0 fully saturated rings. The third-order valence-electron chi connectivity index (χ3n) is 7.63. The van der Waals surface area contributed by atoms with E-state index in [1.54, 1.807) is 35.2 Å². The Labute approximate surface area is 224 Å². The summed E-state index contributed by atoms with van der Waals surface area (Å²) in [6.45, 7) is 1.12. The van der Waals surface area contributed by atoms with Gasteiger partial charge in [-0.2, -0.15) is 0 Å². The average molecular weight is 523 g/mol. The molecule has 3 aliphatic heterocycles. The summed E-state index contributed by atoms with van der Waals surface area (Å²) in [6, 6.07) is 26.2. The fourth-order valence-corrected chi connectivity index (χ4v) is 6.01. The van der Waals surface area contributed by atoms with Gasteiger partial charge in [-0.1, -0.05) is 54.1 Å². The lowest BCUT2D eigenvalue weighted by molar-refractivity contribution is -0.122. The van der Waals surface area contributed by atoms with Crippen LogP contribution in [0.25, 0.3) is 0 Å². The first-order valence-electron chi connectivity index (χ1n) is 12.5.